The first-order valence-electron chi connectivity index (χ1n) is 10.2. The Morgan fingerprint density at radius 1 is 0.969 bits per heavy atom. The molecule has 7 heteroatoms. The third kappa shape index (κ3) is 5.13. The number of hydrogen-bond donors (Lipinski definition) is 1. The van der Waals surface area contributed by atoms with Crippen molar-refractivity contribution in [2.45, 2.75) is 13.0 Å². The molecular formula is C25H22FN5O. The second kappa shape index (κ2) is 10.3. The van der Waals surface area contributed by atoms with Gasteiger partial charge in [-0.2, -0.15) is 0 Å². The highest BCUT2D eigenvalue weighted by Crippen LogP contribution is 2.30. The summed E-state index contributed by atoms with van der Waals surface area (Å²) in [6, 6.07) is 19.5. The van der Waals surface area contributed by atoms with Crippen molar-refractivity contribution in [2.75, 3.05) is 16.8 Å². The van der Waals surface area contributed by atoms with Crippen molar-refractivity contribution >= 4 is 17.9 Å². The molecule has 0 spiro atoms. The van der Waals surface area contributed by atoms with Gasteiger partial charge in [0.2, 0.25) is 6.41 Å². The molecule has 6 nitrogen and oxygen atoms in total. The van der Waals surface area contributed by atoms with Crippen molar-refractivity contribution in [3.63, 3.8) is 0 Å². The van der Waals surface area contributed by atoms with Crippen LogP contribution in [0.3, 0.4) is 0 Å². The van der Waals surface area contributed by atoms with Gasteiger partial charge in [0.25, 0.3) is 0 Å². The molecule has 1 amide bonds. The van der Waals surface area contributed by atoms with Crippen molar-refractivity contribution < 1.29 is 9.18 Å². The van der Waals surface area contributed by atoms with Crippen LogP contribution < -0.4 is 10.2 Å². The van der Waals surface area contributed by atoms with Crippen LogP contribution >= 0.6 is 0 Å². The van der Waals surface area contributed by atoms with Crippen LogP contribution in [0.5, 0.6) is 0 Å². The normalized spacial score (nSPS) is 10.5. The fraction of sp³-hybridized carbons (Fsp3) is 0.120. The summed E-state index contributed by atoms with van der Waals surface area (Å²) < 4.78 is 14.4. The number of nitrogens with zero attached hydrogens (tertiary/aromatic N) is 4. The van der Waals surface area contributed by atoms with Crippen LogP contribution in [0.15, 0.2) is 85.3 Å². The first-order chi connectivity index (χ1) is 15.7. The number of benzene rings is 1. The van der Waals surface area contributed by atoms with E-state index < -0.39 is 0 Å². The van der Waals surface area contributed by atoms with E-state index >= 15 is 0 Å². The van der Waals surface area contributed by atoms with E-state index in [2.05, 4.69) is 20.3 Å². The Balaban J connectivity index is 1.64. The van der Waals surface area contributed by atoms with Crippen LogP contribution in [0.25, 0.3) is 11.3 Å². The van der Waals surface area contributed by atoms with Gasteiger partial charge in [0.05, 0.1) is 17.9 Å². The van der Waals surface area contributed by atoms with E-state index in [0.717, 1.165) is 17.7 Å². The van der Waals surface area contributed by atoms with E-state index in [-0.39, 0.29) is 5.82 Å². The number of carbonyl (C=O) groups is 1. The summed E-state index contributed by atoms with van der Waals surface area (Å²) in [5, 5.41) is 3.30. The maximum atomic E-state index is 14.4. The van der Waals surface area contributed by atoms with E-state index in [1.54, 1.807) is 53.8 Å². The highest BCUT2D eigenvalue weighted by molar-refractivity contribution is 5.83. The molecule has 32 heavy (non-hydrogen) atoms. The van der Waals surface area contributed by atoms with E-state index in [4.69, 9.17) is 0 Å². The third-order valence-electron chi connectivity index (χ3n) is 4.94. The second-order valence-electron chi connectivity index (χ2n) is 7.14. The first-order valence-corrected chi connectivity index (χ1v) is 10.2. The van der Waals surface area contributed by atoms with E-state index in [1.165, 1.54) is 6.07 Å². The number of halogens is 1. The van der Waals surface area contributed by atoms with Crippen LogP contribution in [0.2, 0.25) is 0 Å². The summed E-state index contributed by atoms with van der Waals surface area (Å²) in [5.41, 5.74) is 3.31. The first kappa shape index (κ1) is 21.1. The number of anilines is 2. The molecule has 3 aromatic heterocycles. The summed E-state index contributed by atoms with van der Waals surface area (Å²) in [7, 11) is 0. The lowest BCUT2D eigenvalue weighted by Gasteiger charge is -2.21. The van der Waals surface area contributed by atoms with E-state index in [1.807, 2.05) is 30.3 Å². The number of amides is 1. The van der Waals surface area contributed by atoms with Crippen molar-refractivity contribution in [2.24, 2.45) is 0 Å². The molecule has 160 valence electrons. The maximum Gasteiger partial charge on any atom is 0.214 e. The molecule has 0 saturated heterocycles. The Bertz CT molecular complexity index is 1170. The van der Waals surface area contributed by atoms with Gasteiger partial charge < -0.3 is 10.2 Å². The third-order valence-corrected chi connectivity index (χ3v) is 4.94. The largest absolute Gasteiger partial charge is 0.368 e. The van der Waals surface area contributed by atoms with Gasteiger partial charge in [0, 0.05) is 42.8 Å². The average Bonchev–Trinajstić information content (AvgIpc) is 2.84. The van der Waals surface area contributed by atoms with E-state index in [9.17, 15) is 9.18 Å². The van der Waals surface area contributed by atoms with Crippen LogP contribution in [-0.2, 0) is 17.8 Å². The Morgan fingerprint density at radius 3 is 2.59 bits per heavy atom. The van der Waals surface area contributed by atoms with Gasteiger partial charge in [-0.25, -0.2) is 9.37 Å². The molecule has 0 atom stereocenters. The molecule has 0 unspecified atom stereocenters. The van der Waals surface area contributed by atoms with Crippen molar-refractivity contribution in [3.05, 3.63) is 102 Å². The number of pyridine rings is 3. The molecule has 0 fully saturated rings. The van der Waals surface area contributed by atoms with Gasteiger partial charge >= 0.3 is 0 Å². The molecule has 0 radical (unpaired) electrons. The van der Waals surface area contributed by atoms with Crippen LogP contribution in [-0.4, -0.2) is 27.9 Å². The quantitative estimate of drug-likeness (QED) is 0.399. The fourth-order valence-electron chi connectivity index (χ4n) is 3.36. The summed E-state index contributed by atoms with van der Waals surface area (Å²) in [4.78, 5) is 26.6. The highest BCUT2D eigenvalue weighted by atomic mass is 19.1. The molecule has 0 bridgehead atoms. The zero-order chi connectivity index (χ0) is 22.2. The van der Waals surface area contributed by atoms with Crippen LogP contribution in [0.4, 0.5) is 15.9 Å². The summed E-state index contributed by atoms with van der Waals surface area (Å²) in [6.45, 7) is 0.893. The number of hydrogen-bond acceptors (Lipinski definition) is 5. The summed E-state index contributed by atoms with van der Waals surface area (Å²) >= 11 is 0. The molecule has 3 heterocycles. The Kier molecular flexibility index (Phi) is 6.77. The standard InChI is InChI=1S/C25H22FN5O/c26-22-9-2-1-8-21(22)23-10-11-24(31(18-32)17-19-6-5-13-27-16-19)25(30-23)29-15-12-20-7-3-4-14-28-20/h1-11,13-14,16,18H,12,15,17H2,(H,29,30). The number of nitrogens with one attached hydrogen (secondary N) is 1. The molecule has 4 aromatic rings. The lowest BCUT2D eigenvalue weighted by Crippen LogP contribution is -2.23. The zero-order valence-electron chi connectivity index (χ0n) is 17.4. The molecule has 0 aliphatic heterocycles. The zero-order valence-corrected chi connectivity index (χ0v) is 17.4. The van der Waals surface area contributed by atoms with Crippen LogP contribution in [0, 0.1) is 5.82 Å². The topological polar surface area (TPSA) is 71.0 Å². The SMILES string of the molecule is O=CN(Cc1cccnc1)c1ccc(-c2ccccc2F)nc1NCCc1ccccn1. The fourth-order valence-corrected chi connectivity index (χ4v) is 3.36. The minimum Gasteiger partial charge on any atom is -0.368 e. The Labute approximate surface area is 185 Å². The van der Waals surface area contributed by atoms with Gasteiger partial charge in [-0.1, -0.05) is 24.3 Å². The van der Waals surface area contributed by atoms with Crippen molar-refractivity contribution in [1.82, 2.24) is 15.0 Å². The van der Waals surface area contributed by atoms with E-state index in [0.29, 0.717) is 42.3 Å². The Hall–Kier alpha value is -4.13. The lowest BCUT2D eigenvalue weighted by molar-refractivity contribution is -0.107. The Morgan fingerprint density at radius 2 is 1.84 bits per heavy atom. The predicted molar refractivity (Wildman–Crippen MR) is 123 cm³/mol. The van der Waals surface area contributed by atoms with Gasteiger partial charge in [0.1, 0.15) is 5.82 Å². The summed E-state index contributed by atoms with van der Waals surface area (Å²) in [6.07, 6.45) is 6.59. The molecular weight excluding hydrogens is 405 g/mol. The summed E-state index contributed by atoms with van der Waals surface area (Å²) in [5.74, 6) is 0.146. The lowest BCUT2D eigenvalue weighted by atomic mass is 10.1. The molecule has 4 rings (SSSR count). The van der Waals surface area contributed by atoms with Gasteiger partial charge in [-0.05, 0) is 48.0 Å². The minimum absolute atomic E-state index is 0.340. The second-order valence-corrected chi connectivity index (χ2v) is 7.14. The van der Waals surface area contributed by atoms with Gasteiger partial charge in [0.15, 0.2) is 5.82 Å². The maximum absolute atomic E-state index is 14.4. The smallest absolute Gasteiger partial charge is 0.214 e. The molecule has 0 aliphatic carbocycles. The molecule has 1 aromatic carbocycles. The van der Waals surface area contributed by atoms with Crippen LogP contribution in [0.1, 0.15) is 11.3 Å². The van der Waals surface area contributed by atoms with Crippen molar-refractivity contribution in [1.29, 1.82) is 0 Å². The minimum atomic E-state index is -0.352. The number of aromatic nitrogens is 3. The highest BCUT2D eigenvalue weighted by Gasteiger charge is 2.16. The molecule has 0 aliphatic rings. The number of carbonyl (C=O) groups excluding carboxylic acids is 1. The molecule has 0 saturated carbocycles. The predicted octanol–water partition coefficient (Wildman–Crippen LogP) is 4.50. The van der Waals surface area contributed by atoms with Crippen molar-refractivity contribution in [3.8, 4) is 11.3 Å². The number of rotatable bonds is 9. The van der Waals surface area contributed by atoms with Gasteiger partial charge in [-0.3, -0.25) is 14.8 Å². The molecule has 1 N–H and O–H groups in total. The monoisotopic (exact) mass is 427 g/mol. The van der Waals surface area contributed by atoms with Gasteiger partial charge in [-0.15, -0.1) is 0 Å². The average molecular weight is 427 g/mol.